The first-order valence-corrected chi connectivity index (χ1v) is 6.47. The highest BCUT2D eigenvalue weighted by molar-refractivity contribution is 5.90. The molecule has 1 aliphatic rings. The van der Waals surface area contributed by atoms with Gasteiger partial charge in [-0.3, -0.25) is 4.79 Å². The Balaban J connectivity index is 2.00. The van der Waals surface area contributed by atoms with Gasteiger partial charge in [0.05, 0.1) is 12.1 Å². The summed E-state index contributed by atoms with van der Waals surface area (Å²) in [5.41, 5.74) is 1.85. The van der Waals surface area contributed by atoms with E-state index in [4.69, 9.17) is 4.74 Å². The van der Waals surface area contributed by atoms with E-state index in [0.717, 1.165) is 24.4 Å². The molecule has 2 atom stereocenters. The molecular weight excluding hydrogens is 228 g/mol. The summed E-state index contributed by atoms with van der Waals surface area (Å²) in [5.74, 6) is 0.0321. The Bertz CT molecular complexity index is 420. The lowest BCUT2D eigenvalue weighted by atomic mass is 10.1. The van der Waals surface area contributed by atoms with Gasteiger partial charge in [-0.25, -0.2) is 0 Å². The molecule has 1 amide bonds. The molecule has 1 saturated heterocycles. The second kappa shape index (κ2) is 5.87. The summed E-state index contributed by atoms with van der Waals surface area (Å²) < 4.78 is 5.52. The summed E-state index contributed by atoms with van der Waals surface area (Å²) in [6.45, 7) is 4.73. The highest BCUT2D eigenvalue weighted by Crippen LogP contribution is 2.21. The molecule has 0 bridgehead atoms. The quantitative estimate of drug-likeness (QED) is 0.861. The number of carbonyl (C=O) groups excluding carboxylic acids is 1. The summed E-state index contributed by atoms with van der Waals surface area (Å²) in [7, 11) is 0. The van der Waals surface area contributed by atoms with Gasteiger partial charge in [-0.05, 0) is 31.5 Å². The number of rotatable bonds is 4. The van der Waals surface area contributed by atoms with Crippen LogP contribution in [0.2, 0.25) is 0 Å². The molecular formula is C14H20N2O2. The third kappa shape index (κ3) is 3.23. The van der Waals surface area contributed by atoms with Gasteiger partial charge in [0.1, 0.15) is 0 Å². The van der Waals surface area contributed by atoms with E-state index in [1.165, 1.54) is 0 Å². The van der Waals surface area contributed by atoms with Crippen molar-refractivity contribution in [2.45, 2.75) is 38.8 Å². The Kier molecular flexibility index (Phi) is 4.20. The van der Waals surface area contributed by atoms with Crippen LogP contribution < -0.4 is 10.6 Å². The molecule has 0 aromatic heterocycles. The first kappa shape index (κ1) is 12.9. The molecule has 0 radical (unpaired) electrons. The van der Waals surface area contributed by atoms with Gasteiger partial charge in [0, 0.05) is 24.4 Å². The van der Waals surface area contributed by atoms with Crippen LogP contribution in [0.5, 0.6) is 0 Å². The van der Waals surface area contributed by atoms with Crippen molar-refractivity contribution in [1.29, 1.82) is 0 Å². The molecule has 2 unspecified atom stereocenters. The zero-order valence-electron chi connectivity index (χ0n) is 10.9. The van der Waals surface area contributed by atoms with Crippen molar-refractivity contribution in [2.75, 3.05) is 17.2 Å². The van der Waals surface area contributed by atoms with E-state index >= 15 is 0 Å². The van der Waals surface area contributed by atoms with Crippen LogP contribution in [0.1, 0.15) is 26.7 Å². The van der Waals surface area contributed by atoms with E-state index in [1.54, 1.807) is 0 Å². The molecule has 4 heteroatoms. The molecule has 1 aliphatic heterocycles. The van der Waals surface area contributed by atoms with Gasteiger partial charge in [0.15, 0.2) is 0 Å². The summed E-state index contributed by atoms with van der Waals surface area (Å²) in [6, 6.07) is 8.15. The Labute approximate surface area is 108 Å². The fourth-order valence-electron chi connectivity index (χ4n) is 2.07. The van der Waals surface area contributed by atoms with Gasteiger partial charge in [-0.1, -0.05) is 13.0 Å². The molecule has 98 valence electrons. The van der Waals surface area contributed by atoms with Crippen LogP contribution in [0.3, 0.4) is 0 Å². The lowest BCUT2D eigenvalue weighted by Crippen LogP contribution is -2.26. The van der Waals surface area contributed by atoms with E-state index in [-0.39, 0.29) is 12.0 Å². The number of hydrogen-bond donors (Lipinski definition) is 2. The van der Waals surface area contributed by atoms with Crippen LogP contribution in [-0.4, -0.2) is 24.7 Å². The van der Waals surface area contributed by atoms with Crippen molar-refractivity contribution < 1.29 is 9.53 Å². The van der Waals surface area contributed by atoms with Crippen LogP contribution in [0, 0.1) is 0 Å². The van der Waals surface area contributed by atoms with Gasteiger partial charge in [-0.15, -0.1) is 0 Å². The van der Waals surface area contributed by atoms with E-state index in [9.17, 15) is 4.79 Å². The molecule has 1 fully saturated rings. The van der Waals surface area contributed by atoms with Gasteiger partial charge >= 0.3 is 0 Å². The lowest BCUT2D eigenvalue weighted by Gasteiger charge is -2.18. The summed E-state index contributed by atoms with van der Waals surface area (Å²) in [6.07, 6.45) is 1.75. The molecule has 0 aliphatic carbocycles. The molecule has 2 rings (SSSR count). The van der Waals surface area contributed by atoms with Crippen molar-refractivity contribution in [3.05, 3.63) is 24.3 Å². The maximum absolute atomic E-state index is 11.3. The molecule has 18 heavy (non-hydrogen) atoms. The number of ether oxygens (including phenoxy) is 1. The SMILES string of the molecule is CCC(=O)Nc1cccc(NC2CCOC2C)c1. The third-order valence-corrected chi connectivity index (χ3v) is 3.20. The minimum atomic E-state index is 0.0321. The first-order valence-electron chi connectivity index (χ1n) is 6.47. The highest BCUT2D eigenvalue weighted by Gasteiger charge is 2.23. The molecule has 1 heterocycles. The smallest absolute Gasteiger partial charge is 0.224 e. The standard InChI is InChI=1S/C14H20N2O2/c1-3-14(17)16-12-6-4-5-11(9-12)15-13-7-8-18-10(13)2/h4-6,9-10,13,15H,3,7-8H2,1-2H3,(H,16,17). The number of nitrogens with one attached hydrogen (secondary N) is 2. The Hall–Kier alpha value is -1.55. The van der Waals surface area contributed by atoms with Crippen molar-refractivity contribution in [1.82, 2.24) is 0 Å². The van der Waals surface area contributed by atoms with Gasteiger partial charge < -0.3 is 15.4 Å². The second-order valence-corrected chi connectivity index (χ2v) is 4.60. The largest absolute Gasteiger partial charge is 0.380 e. The molecule has 4 nitrogen and oxygen atoms in total. The third-order valence-electron chi connectivity index (χ3n) is 3.20. The molecule has 0 spiro atoms. The lowest BCUT2D eigenvalue weighted by molar-refractivity contribution is -0.115. The van der Waals surface area contributed by atoms with Gasteiger partial charge in [-0.2, -0.15) is 0 Å². The summed E-state index contributed by atoms with van der Waals surface area (Å²) in [4.78, 5) is 11.3. The Morgan fingerprint density at radius 3 is 2.89 bits per heavy atom. The average Bonchev–Trinajstić information content (AvgIpc) is 2.75. The van der Waals surface area contributed by atoms with Crippen LogP contribution in [0.15, 0.2) is 24.3 Å². The number of anilines is 2. The zero-order valence-corrected chi connectivity index (χ0v) is 10.9. The topological polar surface area (TPSA) is 50.4 Å². The van der Waals surface area contributed by atoms with E-state index in [2.05, 4.69) is 17.6 Å². The number of carbonyl (C=O) groups is 1. The van der Waals surface area contributed by atoms with Crippen LogP contribution in [0.25, 0.3) is 0 Å². The van der Waals surface area contributed by atoms with E-state index < -0.39 is 0 Å². The molecule has 1 aromatic carbocycles. The highest BCUT2D eigenvalue weighted by atomic mass is 16.5. The fourth-order valence-corrected chi connectivity index (χ4v) is 2.07. The first-order chi connectivity index (χ1) is 8.69. The molecule has 1 aromatic rings. The van der Waals surface area contributed by atoms with E-state index in [0.29, 0.717) is 12.5 Å². The van der Waals surface area contributed by atoms with Crippen molar-refractivity contribution >= 4 is 17.3 Å². The Morgan fingerprint density at radius 2 is 2.22 bits per heavy atom. The molecule has 2 N–H and O–H groups in total. The van der Waals surface area contributed by atoms with E-state index in [1.807, 2.05) is 31.2 Å². The number of hydrogen-bond acceptors (Lipinski definition) is 3. The monoisotopic (exact) mass is 248 g/mol. The second-order valence-electron chi connectivity index (χ2n) is 4.60. The van der Waals surface area contributed by atoms with Crippen LogP contribution in [0.4, 0.5) is 11.4 Å². The fraction of sp³-hybridized carbons (Fsp3) is 0.500. The predicted molar refractivity (Wildman–Crippen MR) is 72.8 cm³/mol. The van der Waals surface area contributed by atoms with Crippen molar-refractivity contribution in [3.8, 4) is 0 Å². The Morgan fingerprint density at radius 1 is 1.44 bits per heavy atom. The zero-order chi connectivity index (χ0) is 13.0. The normalized spacial score (nSPS) is 22.8. The minimum Gasteiger partial charge on any atom is -0.380 e. The predicted octanol–water partition coefficient (Wildman–Crippen LogP) is 2.62. The van der Waals surface area contributed by atoms with Gasteiger partial charge in [0.2, 0.25) is 5.91 Å². The average molecular weight is 248 g/mol. The molecule has 0 saturated carbocycles. The van der Waals surface area contributed by atoms with Gasteiger partial charge in [0.25, 0.3) is 0 Å². The summed E-state index contributed by atoms with van der Waals surface area (Å²) >= 11 is 0. The maximum Gasteiger partial charge on any atom is 0.224 e. The van der Waals surface area contributed by atoms with Crippen LogP contribution in [-0.2, 0) is 9.53 Å². The summed E-state index contributed by atoms with van der Waals surface area (Å²) in [5, 5.41) is 6.30. The number of benzene rings is 1. The van der Waals surface area contributed by atoms with Crippen molar-refractivity contribution in [3.63, 3.8) is 0 Å². The maximum atomic E-state index is 11.3. The van der Waals surface area contributed by atoms with Crippen molar-refractivity contribution in [2.24, 2.45) is 0 Å². The van der Waals surface area contributed by atoms with Crippen LogP contribution >= 0.6 is 0 Å². The number of amides is 1. The minimum absolute atomic E-state index is 0.0321.